The minimum absolute atomic E-state index is 0.173. The maximum absolute atomic E-state index is 9.91. The van der Waals surface area contributed by atoms with Gasteiger partial charge in [0.25, 0.3) is 0 Å². The number of aryl methyl sites for hydroxylation is 1. The van der Waals surface area contributed by atoms with Crippen LogP contribution in [0.15, 0.2) is 18.2 Å². The zero-order valence-corrected chi connectivity index (χ0v) is 12.3. The van der Waals surface area contributed by atoms with Gasteiger partial charge in [-0.2, -0.15) is 5.26 Å². The van der Waals surface area contributed by atoms with E-state index < -0.39 is 6.10 Å². The molecule has 0 aromatic heterocycles. The minimum Gasteiger partial charge on any atom is -0.389 e. The molecule has 2 atom stereocenters. The second-order valence-corrected chi connectivity index (χ2v) is 5.32. The second-order valence-electron chi connectivity index (χ2n) is 5.32. The SMILES string of the molecule is Cc1cccc(NCC(O)COCC2CCCO2)c1C#N. The molecule has 0 saturated carbocycles. The van der Waals surface area contributed by atoms with Crippen LogP contribution in [-0.4, -0.2) is 43.7 Å². The molecule has 1 aromatic rings. The fourth-order valence-corrected chi connectivity index (χ4v) is 2.36. The van der Waals surface area contributed by atoms with Crippen molar-refractivity contribution in [3.63, 3.8) is 0 Å². The third kappa shape index (κ3) is 4.71. The molecule has 2 N–H and O–H groups in total. The third-order valence-electron chi connectivity index (χ3n) is 3.55. The zero-order valence-electron chi connectivity index (χ0n) is 12.3. The van der Waals surface area contributed by atoms with Gasteiger partial charge >= 0.3 is 0 Å². The Kier molecular flexibility index (Phi) is 6.00. The van der Waals surface area contributed by atoms with E-state index in [0.717, 1.165) is 30.7 Å². The summed E-state index contributed by atoms with van der Waals surface area (Å²) in [5.74, 6) is 0. The molecule has 0 aliphatic carbocycles. The molecule has 1 aliphatic heterocycles. The number of anilines is 1. The predicted octanol–water partition coefficient (Wildman–Crippen LogP) is 1.84. The lowest BCUT2D eigenvalue weighted by molar-refractivity contribution is -0.0137. The van der Waals surface area contributed by atoms with E-state index in [1.165, 1.54) is 0 Å². The van der Waals surface area contributed by atoms with Gasteiger partial charge in [0.1, 0.15) is 6.07 Å². The molecule has 2 unspecified atom stereocenters. The van der Waals surface area contributed by atoms with Gasteiger partial charge in [0.05, 0.1) is 36.7 Å². The van der Waals surface area contributed by atoms with Crippen LogP contribution in [0.3, 0.4) is 0 Å². The number of nitriles is 1. The summed E-state index contributed by atoms with van der Waals surface area (Å²) in [4.78, 5) is 0. The van der Waals surface area contributed by atoms with Gasteiger partial charge in [-0.05, 0) is 31.4 Å². The van der Waals surface area contributed by atoms with Gasteiger partial charge in [0.15, 0.2) is 0 Å². The Bertz CT molecular complexity index is 493. The predicted molar refractivity (Wildman–Crippen MR) is 80.2 cm³/mol. The summed E-state index contributed by atoms with van der Waals surface area (Å²) in [6.45, 7) is 3.85. The van der Waals surface area contributed by atoms with Crippen molar-refractivity contribution >= 4 is 5.69 Å². The van der Waals surface area contributed by atoms with Gasteiger partial charge in [-0.25, -0.2) is 0 Å². The zero-order chi connectivity index (χ0) is 15.1. The van der Waals surface area contributed by atoms with E-state index in [0.29, 0.717) is 18.7 Å². The first-order valence-electron chi connectivity index (χ1n) is 7.31. The van der Waals surface area contributed by atoms with Crippen LogP contribution in [0.25, 0.3) is 0 Å². The van der Waals surface area contributed by atoms with Crippen LogP contribution in [0, 0.1) is 18.3 Å². The van der Waals surface area contributed by atoms with Crippen molar-refractivity contribution in [1.29, 1.82) is 5.26 Å². The maximum Gasteiger partial charge on any atom is 0.102 e. The number of hydrogen-bond acceptors (Lipinski definition) is 5. The molecular weight excluding hydrogens is 268 g/mol. The first-order valence-corrected chi connectivity index (χ1v) is 7.31. The molecule has 5 nitrogen and oxygen atoms in total. The summed E-state index contributed by atoms with van der Waals surface area (Å²) >= 11 is 0. The highest BCUT2D eigenvalue weighted by molar-refractivity contribution is 5.60. The fraction of sp³-hybridized carbons (Fsp3) is 0.562. The van der Waals surface area contributed by atoms with Crippen LogP contribution in [0.1, 0.15) is 24.0 Å². The number of nitrogens with zero attached hydrogens (tertiary/aromatic N) is 1. The summed E-state index contributed by atoms with van der Waals surface area (Å²) < 4.78 is 10.9. The Morgan fingerprint density at radius 3 is 3.14 bits per heavy atom. The first kappa shape index (κ1) is 15.8. The largest absolute Gasteiger partial charge is 0.389 e. The monoisotopic (exact) mass is 290 g/mol. The quantitative estimate of drug-likeness (QED) is 0.801. The van der Waals surface area contributed by atoms with Crippen LogP contribution in [0.2, 0.25) is 0 Å². The summed E-state index contributed by atoms with van der Waals surface area (Å²) in [5, 5.41) is 22.1. The van der Waals surface area contributed by atoms with E-state index in [4.69, 9.17) is 14.7 Å². The Morgan fingerprint density at radius 2 is 2.43 bits per heavy atom. The lowest BCUT2D eigenvalue weighted by Gasteiger charge is -2.16. The number of ether oxygens (including phenoxy) is 2. The summed E-state index contributed by atoms with van der Waals surface area (Å²) in [6.07, 6.45) is 1.68. The van der Waals surface area contributed by atoms with E-state index in [9.17, 15) is 5.11 Å². The van der Waals surface area contributed by atoms with Crippen LogP contribution in [-0.2, 0) is 9.47 Å². The van der Waals surface area contributed by atoms with Gasteiger partial charge in [-0.15, -0.1) is 0 Å². The third-order valence-corrected chi connectivity index (χ3v) is 3.55. The van der Waals surface area contributed by atoms with Gasteiger partial charge in [-0.3, -0.25) is 0 Å². The molecule has 0 spiro atoms. The molecule has 1 fully saturated rings. The molecule has 0 radical (unpaired) electrons. The number of aliphatic hydroxyl groups excluding tert-OH is 1. The van der Waals surface area contributed by atoms with E-state index in [2.05, 4.69) is 11.4 Å². The Balaban J connectivity index is 1.72. The van der Waals surface area contributed by atoms with Crippen molar-refractivity contribution < 1.29 is 14.6 Å². The summed E-state index contributed by atoms with van der Waals surface area (Å²) in [7, 11) is 0. The first-order chi connectivity index (χ1) is 10.2. The second kappa shape index (κ2) is 7.99. The van der Waals surface area contributed by atoms with E-state index in [1.807, 2.05) is 25.1 Å². The molecule has 1 saturated heterocycles. The molecule has 5 heteroatoms. The van der Waals surface area contributed by atoms with Crippen LogP contribution < -0.4 is 5.32 Å². The average Bonchev–Trinajstić information content (AvgIpc) is 2.98. The van der Waals surface area contributed by atoms with Crippen LogP contribution in [0.4, 0.5) is 5.69 Å². The number of nitrogens with one attached hydrogen (secondary N) is 1. The molecule has 1 aromatic carbocycles. The van der Waals surface area contributed by atoms with E-state index in [1.54, 1.807) is 0 Å². The van der Waals surface area contributed by atoms with Gasteiger partial charge in [-0.1, -0.05) is 12.1 Å². The van der Waals surface area contributed by atoms with E-state index >= 15 is 0 Å². The molecule has 1 aliphatic rings. The van der Waals surface area contributed by atoms with Crippen molar-refractivity contribution in [2.75, 3.05) is 31.7 Å². The van der Waals surface area contributed by atoms with Gasteiger partial charge in [0.2, 0.25) is 0 Å². The lowest BCUT2D eigenvalue weighted by Crippen LogP contribution is -2.27. The molecule has 0 amide bonds. The number of aliphatic hydroxyl groups is 1. The molecule has 0 bridgehead atoms. The summed E-state index contributed by atoms with van der Waals surface area (Å²) in [6, 6.07) is 7.80. The van der Waals surface area contributed by atoms with Crippen LogP contribution in [0.5, 0.6) is 0 Å². The maximum atomic E-state index is 9.91. The Labute approximate surface area is 125 Å². The average molecular weight is 290 g/mol. The number of hydrogen-bond donors (Lipinski definition) is 2. The highest BCUT2D eigenvalue weighted by atomic mass is 16.5. The van der Waals surface area contributed by atoms with E-state index in [-0.39, 0.29) is 12.7 Å². The van der Waals surface area contributed by atoms with Gasteiger partial charge in [0, 0.05) is 13.2 Å². The molecular formula is C16H22N2O3. The number of rotatable bonds is 7. The minimum atomic E-state index is -0.613. The van der Waals surface area contributed by atoms with Crippen molar-refractivity contribution in [1.82, 2.24) is 0 Å². The van der Waals surface area contributed by atoms with Gasteiger partial charge < -0.3 is 19.9 Å². The standard InChI is InChI=1S/C16H22N2O3/c1-12-4-2-6-16(15(12)8-17)18-9-13(19)10-20-11-14-5-3-7-21-14/h2,4,6,13-14,18-19H,3,5,7,9-11H2,1H3. The van der Waals surface area contributed by atoms with Crippen molar-refractivity contribution in [2.45, 2.75) is 32.0 Å². The topological polar surface area (TPSA) is 74.5 Å². The molecule has 21 heavy (non-hydrogen) atoms. The molecule has 1 heterocycles. The Morgan fingerprint density at radius 1 is 1.57 bits per heavy atom. The highest BCUT2D eigenvalue weighted by Crippen LogP contribution is 2.18. The lowest BCUT2D eigenvalue weighted by atomic mass is 10.1. The van der Waals surface area contributed by atoms with Crippen molar-refractivity contribution in [2.24, 2.45) is 0 Å². The molecule has 114 valence electrons. The highest BCUT2D eigenvalue weighted by Gasteiger charge is 2.16. The van der Waals surface area contributed by atoms with Crippen molar-refractivity contribution in [3.8, 4) is 6.07 Å². The summed E-state index contributed by atoms with van der Waals surface area (Å²) in [5.41, 5.74) is 2.28. The Hall–Kier alpha value is -1.61. The van der Waals surface area contributed by atoms with Crippen LogP contribution >= 0.6 is 0 Å². The molecule has 2 rings (SSSR count). The number of benzene rings is 1. The normalized spacial score (nSPS) is 19.2. The smallest absolute Gasteiger partial charge is 0.102 e. The fourth-order valence-electron chi connectivity index (χ4n) is 2.36. The van der Waals surface area contributed by atoms with Crippen molar-refractivity contribution in [3.05, 3.63) is 29.3 Å².